The fourth-order valence-corrected chi connectivity index (χ4v) is 4.84. The number of fused-ring (bicyclic) bond motifs is 1. The second kappa shape index (κ2) is 9.73. The van der Waals surface area contributed by atoms with Crippen LogP contribution in [0.4, 0.5) is 5.13 Å². The number of nitrogens with zero attached hydrogens (tertiary/aromatic N) is 2. The Morgan fingerprint density at radius 3 is 2.68 bits per heavy atom. The second-order valence-corrected chi connectivity index (χ2v) is 9.22. The summed E-state index contributed by atoms with van der Waals surface area (Å²) in [5.74, 6) is 1.61. The molecule has 0 bridgehead atoms. The lowest BCUT2D eigenvalue weighted by atomic mass is 10.0. The van der Waals surface area contributed by atoms with Crippen molar-refractivity contribution in [1.29, 1.82) is 0 Å². The molecule has 2 aromatic heterocycles. The van der Waals surface area contributed by atoms with Crippen molar-refractivity contribution in [2.75, 3.05) is 19.5 Å². The first kappa shape index (κ1) is 23.6. The van der Waals surface area contributed by atoms with Gasteiger partial charge in [0.05, 0.1) is 19.9 Å². The van der Waals surface area contributed by atoms with Crippen LogP contribution in [-0.4, -0.2) is 29.7 Å². The summed E-state index contributed by atoms with van der Waals surface area (Å²) in [5.41, 5.74) is 5.34. The highest BCUT2D eigenvalue weighted by molar-refractivity contribution is 7.14. The van der Waals surface area contributed by atoms with E-state index in [0.29, 0.717) is 40.5 Å². The zero-order valence-corrected chi connectivity index (χ0v) is 21.0. The first-order valence-electron chi connectivity index (χ1n) is 11.1. The van der Waals surface area contributed by atoms with E-state index in [2.05, 4.69) is 48.9 Å². The highest BCUT2D eigenvalue weighted by atomic mass is 32.1. The molecule has 2 aromatic carbocycles. The van der Waals surface area contributed by atoms with Crippen LogP contribution in [0.25, 0.3) is 22.2 Å². The van der Waals surface area contributed by atoms with Gasteiger partial charge in [-0.1, -0.05) is 26.0 Å². The number of aryl methyl sites for hydroxylation is 1. The summed E-state index contributed by atoms with van der Waals surface area (Å²) < 4.78 is 12.8. The van der Waals surface area contributed by atoms with Crippen LogP contribution in [0.5, 0.6) is 11.5 Å². The number of aromatic nitrogens is 2. The molecule has 0 fully saturated rings. The Kier molecular flexibility index (Phi) is 6.75. The minimum atomic E-state index is -0.194. The Labute approximate surface area is 203 Å². The van der Waals surface area contributed by atoms with Gasteiger partial charge in [0, 0.05) is 28.4 Å². The van der Waals surface area contributed by atoms with Crippen molar-refractivity contribution in [3.8, 4) is 22.8 Å². The number of rotatable bonds is 8. The van der Waals surface area contributed by atoms with Crippen molar-refractivity contribution in [2.24, 2.45) is 0 Å². The van der Waals surface area contributed by atoms with Crippen LogP contribution in [0.2, 0.25) is 0 Å². The maximum absolute atomic E-state index is 13.4. The van der Waals surface area contributed by atoms with Crippen LogP contribution in [0.15, 0.2) is 54.4 Å². The van der Waals surface area contributed by atoms with Gasteiger partial charge >= 0.3 is 0 Å². The number of anilines is 1. The van der Waals surface area contributed by atoms with Gasteiger partial charge in [0.15, 0.2) is 5.13 Å². The first-order chi connectivity index (χ1) is 16.4. The van der Waals surface area contributed by atoms with E-state index in [1.165, 1.54) is 16.9 Å². The van der Waals surface area contributed by atoms with E-state index < -0.39 is 0 Å². The van der Waals surface area contributed by atoms with Gasteiger partial charge in [-0.3, -0.25) is 10.1 Å². The van der Waals surface area contributed by atoms with Crippen LogP contribution < -0.4 is 14.8 Å². The van der Waals surface area contributed by atoms with Crippen LogP contribution in [0.1, 0.15) is 41.4 Å². The number of thiazole rings is 1. The topological polar surface area (TPSA) is 65.4 Å². The fourth-order valence-electron chi connectivity index (χ4n) is 4.14. The van der Waals surface area contributed by atoms with E-state index in [1.807, 2.05) is 41.1 Å². The Morgan fingerprint density at radius 2 is 2.00 bits per heavy atom. The van der Waals surface area contributed by atoms with E-state index in [4.69, 9.17) is 9.47 Å². The van der Waals surface area contributed by atoms with Crippen LogP contribution in [-0.2, 0) is 6.54 Å². The van der Waals surface area contributed by atoms with Crippen LogP contribution in [0, 0.1) is 6.92 Å². The Bertz CT molecular complexity index is 1370. The third-order valence-corrected chi connectivity index (χ3v) is 6.70. The lowest BCUT2D eigenvalue weighted by Crippen LogP contribution is -2.18. The molecular formula is C27H29N3O3S. The Balaban J connectivity index is 1.70. The van der Waals surface area contributed by atoms with Gasteiger partial charge in [0.1, 0.15) is 17.2 Å². The summed E-state index contributed by atoms with van der Waals surface area (Å²) in [6.07, 6.45) is 1.81. The zero-order chi connectivity index (χ0) is 24.4. The van der Waals surface area contributed by atoms with E-state index >= 15 is 0 Å². The van der Waals surface area contributed by atoms with Crippen LogP contribution >= 0.6 is 11.3 Å². The van der Waals surface area contributed by atoms with Crippen molar-refractivity contribution in [3.05, 3.63) is 71.3 Å². The summed E-state index contributed by atoms with van der Waals surface area (Å²) in [5, 5.41) is 6.49. The Hall–Kier alpha value is -3.58. The molecule has 0 atom stereocenters. The highest BCUT2D eigenvalue weighted by Gasteiger charge is 2.22. The lowest BCUT2D eigenvalue weighted by Gasteiger charge is -2.09. The highest BCUT2D eigenvalue weighted by Crippen LogP contribution is 2.35. The molecule has 0 aliphatic carbocycles. The van der Waals surface area contributed by atoms with E-state index in [1.54, 1.807) is 14.2 Å². The average molecular weight is 476 g/mol. The molecule has 0 unspecified atom stereocenters. The van der Waals surface area contributed by atoms with Crippen molar-refractivity contribution in [3.63, 3.8) is 0 Å². The van der Waals surface area contributed by atoms with Gasteiger partial charge in [0.2, 0.25) is 0 Å². The number of allylic oxidation sites excluding steroid dienone is 1. The number of carbonyl (C=O) groups excluding carboxylic acids is 1. The number of nitrogens with one attached hydrogen (secondary N) is 1. The summed E-state index contributed by atoms with van der Waals surface area (Å²) in [6, 6.07) is 12.0. The normalized spacial score (nSPS) is 11.1. The van der Waals surface area contributed by atoms with Crippen molar-refractivity contribution >= 4 is 33.3 Å². The molecule has 4 rings (SSSR count). The third kappa shape index (κ3) is 4.31. The molecule has 34 heavy (non-hydrogen) atoms. The summed E-state index contributed by atoms with van der Waals surface area (Å²) >= 11 is 1.37. The molecule has 0 radical (unpaired) electrons. The number of hydrogen-bond acceptors (Lipinski definition) is 5. The predicted molar refractivity (Wildman–Crippen MR) is 140 cm³/mol. The van der Waals surface area contributed by atoms with Gasteiger partial charge in [-0.25, -0.2) is 4.98 Å². The number of ether oxygens (including phenoxy) is 2. The van der Waals surface area contributed by atoms with E-state index in [9.17, 15) is 4.79 Å². The van der Waals surface area contributed by atoms with Crippen molar-refractivity contribution in [2.45, 2.75) is 33.2 Å². The quantitative estimate of drug-likeness (QED) is 0.290. The lowest BCUT2D eigenvalue weighted by molar-refractivity contribution is 0.101. The van der Waals surface area contributed by atoms with Gasteiger partial charge in [-0.15, -0.1) is 17.9 Å². The van der Waals surface area contributed by atoms with Crippen molar-refractivity contribution < 1.29 is 14.3 Å². The smallest absolute Gasteiger partial charge is 0.274 e. The molecule has 0 saturated carbocycles. The van der Waals surface area contributed by atoms with Gasteiger partial charge in [0.25, 0.3) is 5.91 Å². The number of amides is 1. The molecular weight excluding hydrogens is 446 g/mol. The third-order valence-electron chi connectivity index (χ3n) is 5.94. The van der Waals surface area contributed by atoms with Gasteiger partial charge in [-0.2, -0.15) is 0 Å². The Morgan fingerprint density at radius 1 is 1.21 bits per heavy atom. The summed E-state index contributed by atoms with van der Waals surface area (Å²) in [6.45, 7) is 10.8. The molecule has 0 spiro atoms. The fraction of sp³-hybridized carbons (Fsp3) is 0.259. The minimum absolute atomic E-state index is 0.194. The second-order valence-electron chi connectivity index (χ2n) is 8.36. The number of benzene rings is 2. The molecule has 176 valence electrons. The summed E-state index contributed by atoms with van der Waals surface area (Å²) in [4.78, 5) is 18.1. The van der Waals surface area contributed by atoms with Gasteiger partial charge < -0.3 is 14.0 Å². The number of methoxy groups -OCH3 is 2. The molecule has 1 N–H and O–H groups in total. The van der Waals surface area contributed by atoms with Gasteiger partial charge in [-0.05, 0) is 54.3 Å². The number of carbonyl (C=O) groups is 1. The van der Waals surface area contributed by atoms with E-state index in [0.717, 1.165) is 22.0 Å². The first-order valence-corrected chi connectivity index (χ1v) is 12.0. The molecule has 0 saturated heterocycles. The molecule has 2 heterocycles. The predicted octanol–water partition coefficient (Wildman–Crippen LogP) is 6.65. The molecule has 1 amide bonds. The summed E-state index contributed by atoms with van der Waals surface area (Å²) in [7, 11) is 3.24. The molecule has 0 aliphatic rings. The van der Waals surface area contributed by atoms with Crippen molar-refractivity contribution in [1.82, 2.24) is 9.55 Å². The maximum atomic E-state index is 13.4. The maximum Gasteiger partial charge on any atom is 0.274 e. The molecule has 4 aromatic rings. The molecule has 0 aliphatic heterocycles. The van der Waals surface area contributed by atoms with E-state index in [-0.39, 0.29) is 5.91 Å². The SMILES string of the molecule is C=CCn1c(C(=O)Nc2nc(-c3cc(OC)ccc3OC)cs2)c(C)c2cc(C(C)C)ccc21. The molecule has 6 nitrogen and oxygen atoms in total. The number of hydrogen-bond donors (Lipinski definition) is 1. The monoisotopic (exact) mass is 475 g/mol. The standard InChI is InChI=1S/C27H29N3O3S/c1-7-12-30-23-10-8-18(16(2)3)13-20(23)17(4)25(30)26(31)29-27-28-22(15-34-27)21-14-19(32-5)9-11-24(21)33-6/h7-11,13-16H,1,12H2,2-6H3,(H,28,29,31). The minimum Gasteiger partial charge on any atom is -0.497 e. The largest absolute Gasteiger partial charge is 0.497 e. The molecule has 7 heteroatoms. The van der Waals surface area contributed by atoms with Crippen LogP contribution in [0.3, 0.4) is 0 Å². The average Bonchev–Trinajstić information content (AvgIpc) is 3.41. The zero-order valence-electron chi connectivity index (χ0n) is 20.1.